The van der Waals surface area contributed by atoms with Crippen LogP contribution in [-0.4, -0.2) is 36.4 Å². The third kappa shape index (κ3) is 3.09. The van der Waals surface area contributed by atoms with Crippen LogP contribution in [0.4, 0.5) is 0 Å². The van der Waals surface area contributed by atoms with E-state index in [1.54, 1.807) is 11.3 Å². The van der Waals surface area contributed by atoms with Crippen molar-refractivity contribution in [2.45, 2.75) is 44.8 Å². The number of nitrogens with two attached hydrogens (primary N) is 1. The third-order valence-electron chi connectivity index (χ3n) is 3.51. The van der Waals surface area contributed by atoms with E-state index in [4.69, 9.17) is 15.2 Å². The zero-order valence-electron chi connectivity index (χ0n) is 11.1. The van der Waals surface area contributed by atoms with Gasteiger partial charge in [0.1, 0.15) is 0 Å². The molecule has 102 valence electrons. The molecule has 4 nitrogen and oxygen atoms in total. The molecule has 1 fully saturated rings. The van der Waals surface area contributed by atoms with Gasteiger partial charge < -0.3 is 15.2 Å². The molecule has 0 aliphatic carbocycles. The highest BCUT2D eigenvalue weighted by Gasteiger charge is 2.39. The minimum atomic E-state index is -0.230. The standard InChI is InChI=1S/C13H22N2O2S/c1-3-17-13(4-6-16-7-5-13)11(14)8-12-15-10(2)9-18-12/h9,11H,3-8,14H2,1-2H3. The molecule has 2 heterocycles. The van der Waals surface area contributed by atoms with Gasteiger partial charge in [-0.3, -0.25) is 0 Å². The topological polar surface area (TPSA) is 57.4 Å². The second-order valence-electron chi connectivity index (χ2n) is 4.80. The number of hydrogen-bond acceptors (Lipinski definition) is 5. The number of aromatic nitrogens is 1. The molecule has 0 saturated carbocycles. The van der Waals surface area contributed by atoms with Gasteiger partial charge in [-0.05, 0) is 13.8 Å². The predicted molar refractivity (Wildman–Crippen MR) is 72.9 cm³/mol. The quantitative estimate of drug-likeness (QED) is 0.888. The van der Waals surface area contributed by atoms with Crippen molar-refractivity contribution in [3.05, 3.63) is 16.1 Å². The van der Waals surface area contributed by atoms with Crippen LogP contribution in [0.2, 0.25) is 0 Å². The Hall–Kier alpha value is -0.490. The third-order valence-corrected chi connectivity index (χ3v) is 4.50. The highest BCUT2D eigenvalue weighted by Crippen LogP contribution is 2.30. The predicted octanol–water partition coefficient (Wildman–Crippen LogP) is 1.91. The summed E-state index contributed by atoms with van der Waals surface area (Å²) >= 11 is 1.68. The van der Waals surface area contributed by atoms with E-state index in [9.17, 15) is 0 Å². The fourth-order valence-electron chi connectivity index (χ4n) is 2.50. The summed E-state index contributed by atoms with van der Waals surface area (Å²) in [6.07, 6.45) is 2.55. The lowest BCUT2D eigenvalue weighted by molar-refractivity contribution is -0.120. The summed E-state index contributed by atoms with van der Waals surface area (Å²) in [5.74, 6) is 0. The van der Waals surface area contributed by atoms with Crippen LogP contribution in [-0.2, 0) is 15.9 Å². The second kappa shape index (κ2) is 6.10. The van der Waals surface area contributed by atoms with Gasteiger partial charge in [0, 0.05) is 56.2 Å². The Balaban J connectivity index is 2.05. The van der Waals surface area contributed by atoms with Crippen molar-refractivity contribution in [2.75, 3.05) is 19.8 Å². The van der Waals surface area contributed by atoms with Gasteiger partial charge in [0.05, 0.1) is 10.6 Å². The maximum absolute atomic E-state index is 6.40. The van der Waals surface area contributed by atoms with E-state index in [0.29, 0.717) is 6.61 Å². The zero-order valence-corrected chi connectivity index (χ0v) is 12.0. The Morgan fingerprint density at radius 1 is 1.56 bits per heavy atom. The van der Waals surface area contributed by atoms with Crippen molar-refractivity contribution in [3.8, 4) is 0 Å². The zero-order chi connectivity index (χ0) is 13.0. The molecular formula is C13H22N2O2S. The van der Waals surface area contributed by atoms with E-state index in [-0.39, 0.29) is 11.6 Å². The van der Waals surface area contributed by atoms with Crippen LogP contribution in [0.15, 0.2) is 5.38 Å². The van der Waals surface area contributed by atoms with Crippen molar-refractivity contribution >= 4 is 11.3 Å². The number of rotatable bonds is 5. The first-order valence-electron chi connectivity index (χ1n) is 6.54. The number of thiazole rings is 1. The average Bonchev–Trinajstić information content (AvgIpc) is 2.76. The Kier molecular flexibility index (Phi) is 4.72. The van der Waals surface area contributed by atoms with Gasteiger partial charge in [0.25, 0.3) is 0 Å². The summed E-state index contributed by atoms with van der Waals surface area (Å²) in [5, 5.41) is 3.17. The lowest BCUT2D eigenvalue weighted by Crippen LogP contribution is -2.54. The van der Waals surface area contributed by atoms with Crippen molar-refractivity contribution in [2.24, 2.45) is 5.73 Å². The van der Waals surface area contributed by atoms with Gasteiger partial charge in [-0.15, -0.1) is 11.3 Å². The number of nitrogens with zero attached hydrogens (tertiary/aromatic N) is 1. The summed E-state index contributed by atoms with van der Waals surface area (Å²) < 4.78 is 11.4. The SMILES string of the molecule is CCOC1(C(N)Cc2nc(C)cs2)CCOCC1. The number of hydrogen-bond donors (Lipinski definition) is 1. The molecule has 2 N–H and O–H groups in total. The molecule has 1 aliphatic heterocycles. The lowest BCUT2D eigenvalue weighted by Gasteiger charge is -2.41. The Morgan fingerprint density at radius 3 is 2.83 bits per heavy atom. The van der Waals surface area contributed by atoms with Crippen molar-refractivity contribution < 1.29 is 9.47 Å². The molecule has 0 amide bonds. The molecule has 1 aliphatic rings. The minimum absolute atomic E-state index is 0.00750. The van der Waals surface area contributed by atoms with Crippen LogP contribution in [0.5, 0.6) is 0 Å². The van der Waals surface area contributed by atoms with Crippen LogP contribution in [0.25, 0.3) is 0 Å². The van der Waals surface area contributed by atoms with Crippen LogP contribution in [0, 0.1) is 6.92 Å². The minimum Gasteiger partial charge on any atom is -0.381 e. The van der Waals surface area contributed by atoms with Gasteiger partial charge in [0.2, 0.25) is 0 Å². The van der Waals surface area contributed by atoms with E-state index < -0.39 is 0 Å². The normalized spacial score (nSPS) is 20.8. The molecule has 0 spiro atoms. The molecule has 18 heavy (non-hydrogen) atoms. The van der Waals surface area contributed by atoms with E-state index >= 15 is 0 Å². The fourth-order valence-corrected chi connectivity index (χ4v) is 3.33. The maximum atomic E-state index is 6.40. The molecule has 1 aromatic heterocycles. The van der Waals surface area contributed by atoms with E-state index in [2.05, 4.69) is 10.4 Å². The number of aryl methyl sites for hydroxylation is 1. The van der Waals surface area contributed by atoms with Gasteiger partial charge in [-0.1, -0.05) is 0 Å². The summed E-state index contributed by atoms with van der Waals surface area (Å²) in [5.41, 5.74) is 7.24. The molecule has 0 aromatic carbocycles. The average molecular weight is 270 g/mol. The monoisotopic (exact) mass is 270 g/mol. The second-order valence-corrected chi connectivity index (χ2v) is 5.75. The maximum Gasteiger partial charge on any atom is 0.0944 e. The summed E-state index contributed by atoms with van der Waals surface area (Å²) in [6, 6.07) is -0.00750. The molecule has 5 heteroatoms. The summed E-state index contributed by atoms with van der Waals surface area (Å²) in [6.45, 7) is 6.22. The van der Waals surface area contributed by atoms with Crippen molar-refractivity contribution in [1.82, 2.24) is 4.98 Å². The molecular weight excluding hydrogens is 248 g/mol. The van der Waals surface area contributed by atoms with E-state index in [1.165, 1.54) is 0 Å². The molecule has 0 radical (unpaired) electrons. The highest BCUT2D eigenvalue weighted by molar-refractivity contribution is 7.09. The number of ether oxygens (including phenoxy) is 2. The molecule has 0 bridgehead atoms. The summed E-state index contributed by atoms with van der Waals surface area (Å²) in [7, 11) is 0. The van der Waals surface area contributed by atoms with Crippen molar-refractivity contribution in [3.63, 3.8) is 0 Å². The first-order valence-corrected chi connectivity index (χ1v) is 7.42. The van der Waals surface area contributed by atoms with Crippen molar-refractivity contribution in [1.29, 1.82) is 0 Å². The molecule has 1 atom stereocenters. The highest BCUT2D eigenvalue weighted by atomic mass is 32.1. The Morgan fingerprint density at radius 2 is 2.28 bits per heavy atom. The van der Waals surface area contributed by atoms with Gasteiger partial charge in [-0.2, -0.15) is 0 Å². The largest absolute Gasteiger partial charge is 0.381 e. The van der Waals surface area contributed by atoms with E-state index in [0.717, 1.165) is 43.2 Å². The fraction of sp³-hybridized carbons (Fsp3) is 0.769. The Labute approximate surface area is 113 Å². The van der Waals surface area contributed by atoms with Crippen LogP contribution >= 0.6 is 11.3 Å². The molecule has 2 rings (SSSR count). The lowest BCUT2D eigenvalue weighted by atomic mass is 9.85. The smallest absolute Gasteiger partial charge is 0.0944 e. The molecule has 1 aromatic rings. The Bertz CT molecular complexity index is 369. The molecule has 1 unspecified atom stereocenters. The van der Waals surface area contributed by atoms with Gasteiger partial charge in [0.15, 0.2) is 0 Å². The van der Waals surface area contributed by atoms with Crippen LogP contribution in [0.1, 0.15) is 30.5 Å². The first-order chi connectivity index (χ1) is 8.66. The van der Waals surface area contributed by atoms with Crippen LogP contribution in [0.3, 0.4) is 0 Å². The van der Waals surface area contributed by atoms with Gasteiger partial charge in [-0.25, -0.2) is 4.98 Å². The summed E-state index contributed by atoms with van der Waals surface area (Å²) in [4.78, 5) is 4.49. The van der Waals surface area contributed by atoms with E-state index in [1.807, 2.05) is 13.8 Å². The van der Waals surface area contributed by atoms with Gasteiger partial charge >= 0.3 is 0 Å². The molecule has 1 saturated heterocycles. The van der Waals surface area contributed by atoms with Crippen LogP contribution < -0.4 is 5.73 Å². The first kappa shape index (κ1) is 13.9.